The van der Waals surface area contributed by atoms with Gasteiger partial charge in [0.2, 0.25) is 0 Å². The Balaban J connectivity index is 1.89. The van der Waals surface area contributed by atoms with Crippen molar-refractivity contribution >= 4 is 5.91 Å². The minimum atomic E-state index is -0.417. The van der Waals surface area contributed by atoms with Gasteiger partial charge in [-0.25, -0.2) is 5.84 Å². The maximum atomic E-state index is 11.4. The Morgan fingerprint density at radius 2 is 2.11 bits per heavy atom. The molecule has 18 heavy (non-hydrogen) atoms. The monoisotopic (exact) mass is 252 g/mol. The number of amides is 1. The molecule has 1 aromatic rings. The molecule has 5 nitrogen and oxygen atoms in total. The molecule has 3 N–H and O–H groups in total. The third-order valence-electron chi connectivity index (χ3n) is 3.36. The predicted octanol–water partition coefficient (Wildman–Crippen LogP) is 2.12. The summed E-state index contributed by atoms with van der Waals surface area (Å²) in [5.41, 5.74) is 2.82. The van der Waals surface area contributed by atoms with Gasteiger partial charge in [0, 0.05) is 5.56 Å². The zero-order valence-corrected chi connectivity index (χ0v) is 10.5. The zero-order chi connectivity index (χ0) is 12.8. The first-order chi connectivity index (χ1) is 8.81. The van der Waals surface area contributed by atoms with Crippen LogP contribution in [0.4, 0.5) is 0 Å². The lowest BCUT2D eigenvalue weighted by atomic mass is 10.1. The summed E-state index contributed by atoms with van der Waals surface area (Å²) in [4.78, 5) is 11.4. The normalized spacial score (nSPS) is 17.4. The van der Waals surface area contributed by atoms with E-state index >= 15 is 0 Å². The second kappa shape index (κ2) is 6.56. The summed E-state index contributed by atoms with van der Waals surface area (Å²) in [5.74, 6) is 4.92. The van der Waals surface area contributed by atoms with Crippen molar-refractivity contribution in [1.29, 1.82) is 0 Å². The van der Waals surface area contributed by atoms with Gasteiger partial charge in [-0.05, 0) is 18.9 Å². The number of nitrogen functional groups attached to an aromatic ring is 1. The Bertz CT molecular complexity index is 381. The summed E-state index contributed by atoms with van der Waals surface area (Å²) in [6.45, 7) is 0.407. The second-order valence-corrected chi connectivity index (χ2v) is 4.67. The molecule has 1 fully saturated rings. The lowest BCUT2D eigenvalue weighted by Gasteiger charge is -2.14. The van der Waals surface area contributed by atoms with E-state index in [4.69, 9.17) is 15.0 Å². The molecule has 0 aromatic carbocycles. The number of nitrogens with one attached hydrogen (secondary N) is 1. The summed E-state index contributed by atoms with van der Waals surface area (Å²) < 4.78 is 11.0. The second-order valence-electron chi connectivity index (χ2n) is 4.67. The van der Waals surface area contributed by atoms with Gasteiger partial charge >= 0.3 is 5.91 Å². The fourth-order valence-electron chi connectivity index (χ4n) is 2.33. The first-order valence-electron chi connectivity index (χ1n) is 6.50. The molecule has 0 atom stereocenters. The van der Waals surface area contributed by atoms with Crippen LogP contribution in [0.3, 0.4) is 0 Å². The Morgan fingerprint density at radius 3 is 2.78 bits per heavy atom. The van der Waals surface area contributed by atoms with Crippen molar-refractivity contribution in [3.63, 3.8) is 0 Å². The van der Waals surface area contributed by atoms with Crippen LogP contribution in [0.1, 0.15) is 54.6 Å². The molecule has 0 saturated heterocycles. The smallest absolute Gasteiger partial charge is 0.301 e. The zero-order valence-electron chi connectivity index (χ0n) is 10.5. The molecular weight excluding hydrogens is 232 g/mol. The Hall–Kier alpha value is -1.33. The quantitative estimate of drug-likeness (QED) is 0.372. The first kappa shape index (κ1) is 13.1. The maximum Gasteiger partial charge on any atom is 0.301 e. The van der Waals surface area contributed by atoms with Crippen LogP contribution in [-0.2, 0) is 11.3 Å². The number of hydrazine groups is 1. The van der Waals surface area contributed by atoms with Crippen LogP contribution in [-0.4, -0.2) is 12.0 Å². The summed E-state index contributed by atoms with van der Waals surface area (Å²) >= 11 is 0. The minimum absolute atomic E-state index is 0.242. The van der Waals surface area contributed by atoms with Crippen LogP contribution < -0.4 is 11.3 Å². The third kappa shape index (κ3) is 3.34. The number of hydrogen-bond donors (Lipinski definition) is 2. The van der Waals surface area contributed by atoms with Gasteiger partial charge in [-0.3, -0.25) is 10.2 Å². The molecule has 2 rings (SSSR count). The molecule has 0 radical (unpaired) electrons. The van der Waals surface area contributed by atoms with Crippen molar-refractivity contribution in [3.8, 4) is 0 Å². The largest absolute Gasteiger partial charge is 0.459 e. The van der Waals surface area contributed by atoms with Crippen molar-refractivity contribution in [3.05, 3.63) is 23.7 Å². The van der Waals surface area contributed by atoms with Crippen molar-refractivity contribution in [1.82, 2.24) is 5.43 Å². The molecule has 0 spiro atoms. The molecule has 0 unspecified atom stereocenters. The summed E-state index contributed by atoms with van der Waals surface area (Å²) in [6, 6.07) is 1.75. The average molecular weight is 252 g/mol. The molecule has 5 heteroatoms. The molecular formula is C13H20N2O3. The molecule has 1 saturated carbocycles. The summed E-state index contributed by atoms with van der Waals surface area (Å²) in [5, 5.41) is 0. The molecule has 1 amide bonds. The van der Waals surface area contributed by atoms with Crippen molar-refractivity contribution in [2.24, 2.45) is 5.84 Å². The van der Waals surface area contributed by atoms with Gasteiger partial charge in [-0.2, -0.15) is 0 Å². The fourth-order valence-corrected chi connectivity index (χ4v) is 2.33. The number of nitrogens with two attached hydrogens (primary N) is 1. The molecule has 0 bridgehead atoms. The van der Waals surface area contributed by atoms with E-state index in [1.165, 1.54) is 31.9 Å². The van der Waals surface area contributed by atoms with Crippen LogP contribution >= 0.6 is 0 Å². The van der Waals surface area contributed by atoms with Crippen molar-refractivity contribution in [2.45, 2.75) is 51.2 Å². The van der Waals surface area contributed by atoms with E-state index < -0.39 is 5.91 Å². The average Bonchev–Trinajstić information content (AvgIpc) is 2.71. The summed E-state index contributed by atoms with van der Waals surface area (Å²) in [7, 11) is 0. The van der Waals surface area contributed by atoms with Gasteiger partial charge in [0.15, 0.2) is 5.76 Å². The van der Waals surface area contributed by atoms with E-state index in [1.54, 1.807) is 6.07 Å². The maximum absolute atomic E-state index is 11.4. The molecule has 1 aromatic heterocycles. The topological polar surface area (TPSA) is 77.5 Å². The van der Waals surface area contributed by atoms with Gasteiger partial charge < -0.3 is 9.15 Å². The van der Waals surface area contributed by atoms with E-state index in [0.29, 0.717) is 12.7 Å². The molecule has 1 heterocycles. The Morgan fingerprint density at radius 1 is 1.39 bits per heavy atom. The minimum Gasteiger partial charge on any atom is -0.459 e. The van der Waals surface area contributed by atoms with Crippen molar-refractivity contribution < 1.29 is 13.9 Å². The van der Waals surface area contributed by atoms with Gasteiger partial charge in [-0.1, -0.05) is 25.7 Å². The third-order valence-corrected chi connectivity index (χ3v) is 3.36. The number of hydrogen-bond acceptors (Lipinski definition) is 4. The van der Waals surface area contributed by atoms with Gasteiger partial charge in [0.05, 0.1) is 19.0 Å². The lowest BCUT2D eigenvalue weighted by Crippen LogP contribution is -2.30. The molecule has 100 valence electrons. The van der Waals surface area contributed by atoms with Gasteiger partial charge in [0.25, 0.3) is 0 Å². The van der Waals surface area contributed by atoms with Gasteiger partial charge in [-0.15, -0.1) is 0 Å². The SMILES string of the molecule is NNC(=O)c1occc1COC1CCCCCC1. The number of ether oxygens (including phenoxy) is 1. The highest BCUT2D eigenvalue weighted by molar-refractivity contribution is 5.92. The van der Waals surface area contributed by atoms with E-state index in [9.17, 15) is 4.79 Å². The van der Waals surface area contributed by atoms with Crippen LogP contribution in [0, 0.1) is 0 Å². The van der Waals surface area contributed by atoms with E-state index in [-0.39, 0.29) is 5.76 Å². The number of carbonyl (C=O) groups excluding carboxylic acids is 1. The van der Waals surface area contributed by atoms with Gasteiger partial charge in [0.1, 0.15) is 0 Å². The van der Waals surface area contributed by atoms with E-state index in [0.717, 1.165) is 18.4 Å². The van der Waals surface area contributed by atoms with Crippen LogP contribution in [0.5, 0.6) is 0 Å². The highest BCUT2D eigenvalue weighted by atomic mass is 16.5. The lowest BCUT2D eigenvalue weighted by molar-refractivity contribution is 0.0301. The van der Waals surface area contributed by atoms with Crippen molar-refractivity contribution in [2.75, 3.05) is 0 Å². The first-order valence-corrected chi connectivity index (χ1v) is 6.50. The van der Waals surface area contributed by atoms with E-state index in [2.05, 4.69) is 5.43 Å². The number of rotatable bonds is 4. The predicted molar refractivity (Wildman–Crippen MR) is 66.6 cm³/mol. The molecule has 1 aliphatic rings. The Kier molecular flexibility index (Phi) is 4.78. The standard InChI is InChI=1S/C13H20N2O3/c14-15-13(16)12-10(7-8-17-12)9-18-11-5-3-1-2-4-6-11/h7-8,11H,1-6,9,14H2,(H,15,16). The highest BCUT2D eigenvalue weighted by Gasteiger charge is 2.17. The van der Waals surface area contributed by atoms with E-state index in [1.807, 2.05) is 0 Å². The summed E-state index contributed by atoms with van der Waals surface area (Å²) in [6.07, 6.45) is 9.05. The highest BCUT2D eigenvalue weighted by Crippen LogP contribution is 2.21. The fraction of sp³-hybridized carbons (Fsp3) is 0.615. The molecule has 1 aliphatic carbocycles. The number of carbonyl (C=O) groups is 1. The Labute approximate surface area is 107 Å². The molecule has 0 aliphatic heterocycles. The van der Waals surface area contributed by atoms with Crippen LogP contribution in [0.15, 0.2) is 16.7 Å². The number of furan rings is 1. The van der Waals surface area contributed by atoms with Crippen LogP contribution in [0.25, 0.3) is 0 Å². The van der Waals surface area contributed by atoms with Crippen LogP contribution in [0.2, 0.25) is 0 Å².